The first-order valence-electron chi connectivity index (χ1n) is 6.62. The Hall–Kier alpha value is -2.17. The van der Waals surface area contributed by atoms with E-state index in [1.807, 2.05) is 42.6 Å². The Bertz CT molecular complexity index is 723. The van der Waals surface area contributed by atoms with Crippen molar-refractivity contribution in [3.05, 3.63) is 60.0 Å². The minimum atomic E-state index is 0.0397. The molecule has 0 radical (unpaired) electrons. The fourth-order valence-electron chi connectivity index (χ4n) is 2.30. The van der Waals surface area contributed by atoms with E-state index in [1.54, 1.807) is 17.1 Å². The Morgan fingerprint density at radius 3 is 2.38 bits per heavy atom. The molecule has 1 aromatic carbocycles. The summed E-state index contributed by atoms with van der Waals surface area (Å²) in [5.41, 5.74) is 4.02. The highest BCUT2D eigenvalue weighted by Gasteiger charge is 2.14. The van der Waals surface area contributed by atoms with E-state index in [4.69, 9.17) is 11.6 Å². The van der Waals surface area contributed by atoms with Gasteiger partial charge in [-0.2, -0.15) is 5.10 Å². The first kappa shape index (κ1) is 13.8. The molecular formula is C16H14ClN3O. The SMILES string of the molecule is OCCn1ncc(-c2ccncc2)c1-c1ccc(Cl)cc1. The smallest absolute Gasteiger partial charge is 0.0761 e. The molecule has 0 saturated carbocycles. The molecule has 4 nitrogen and oxygen atoms in total. The van der Waals surface area contributed by atoms with Crippen LogP contribution in [0.5, 0.6) is 0 Å². The quantitative estimate of drug-likeness (QED) is 0.804. The number of aliphatic hydroxyl groups is 1. The summed E-state index contributed by atoms with van der Waals surface area (Å²) in [5.74, 6) is 0. The predicted octanol–water partition coefficient (Wildman–Crippen LogP) is 3.26. The van der Waals surface area contributed by atoms with Crippen LogP contribution in [0.3, 0.4) is 0 Å². The van der Waals surface area contributed by atoms with Gasteiger partial charge in [0.1, 0.15) is 0 Å². The lowest BCUT2D eigenvalue weighted by Crippen LogP contribution is -2.05. The van der Waals surface area contributed by atoms with E-state index in [1.165, 1.54) is 0 Å². The zero-order valence-electron chi connectivity index (χ0n) is 11.3. The maximum absolute atomic E-state index is 9.22. The largest absolute Gasteiger partial charge is 0.394 e. The molecule has 2 aromatic heterocycles. The fourth-order valence-corrected chi connectivity index (χ4v) is 2.43. The highest BCUT2D eigenvalue weighted by Crippen LogP contribution is 2.32. The highest BCUT2D eigenvalue weighted by molar-refractivity contribution is 6.30. The molecule has 3 rings (SSSR count). The van der Waals surface area contributed by atoms with E-state index < -0.39 is 0 Å². The van der Waals surface area contributed by atoms with Gasteiger partial charge in [-0.05, 0) is 29.8 Å². The minimum Gasteiger partial charge on any atom is -0.394 e. The summed E-state index contributed by atoms with van der Waals surface area (Å²) in [4.78, 5) is 4.04. The third-order valence-corrected chi connectivity index (χ3v) is 3.51. The van der Waals surface area contributed by atoms with Crippen molar-refractivity contribution >= 4 is 11.6 Å². The van der Waals surface area contributed by atoms with Crippen LogP contribution in [0, 0.1) is 0 Å². The van der Waals surface area contributed by atoms with Gasteiger partial charge in [0.05, 0.1) is 25.0 Å². The van der Waals surface area contributed by atoms with Gasteiger partial charge in [0.2, 0.25) is 0 Å². The van der Waals surface area contributed by atoms with Gasteiger partial charge in [-0.15, -0.1) is 0 Å². The van der Waals surface area contributed by atoms with Gasteiger partial charge < -0.3 is 5.11 Å². The molecule has 0 unspecified atom stereocenters. The van der Waals surface area contributed by atoms with Crippen LogP contribution < -0.4 is 0 Å². The van der Waals surface area contributed by atoms with E-state index in [9.17, 15) is 5.11 Å². The summed E-state index contributed by atoms with van der Waals surface area (Å²) < 4.78 is 1.80. The van der Waals surface area contributed by atoms with Crippen molar-refractivity contribution in [3.8, 4) is 22.4 Å². The van der Waals surface area contributed by atoms with Crippen LogP contribution in [0.1, 0.15) is 0 Å². The topological polar surface area (TPSA) is 50.9 Å². The van der Waals surface area contributed by atoms with Gasteiger partial charge in [0, 0.05) is 28.5 Å². The minimum absolute atomic E-state index is 0.0397. The number of aromatic nitrogens is 3. The molecule has 3 aromatic rings. The van der Waals surface area contributed by atoms with E-state index in [2.05, 4.69) is 10.1 Å². The van der Waals surface area contributed by atoms with Crippen LogP contribution >= 0.6 is 11.6 Å². The van der Waals surface area contributed by atoms with Gasteiger partial charge in [-0.3, -0.25) is 9.67 Å². The zero-order chi connectivity index (χ0) is 14.7. The van der Waals surface area contributed by atoms with Crippen LogP contribution in [-0.2, 0) is 6.54 Å². The molecule has 0 aliphatic heterocycles. The third-order valence-electron chi connectivity index (χ3n) is 3.26. The van der Waals surface area contributed by atoms with E-state index >= 15 is 0 Å². The maximum Gasteiger partial charge on any atom is 0.0761 e. The summed E-state index contributed by atoms with van der Waals surface area (Å²) in [7, 11) is 0. The fraction of sp³-hybridized carbons (Fsp3) is 0.125. The molecule has 1 N–H and O–H groups in total. The molecule has 21 heavy (non-hydrogen) atoms. The van der Waals surface area contributed by atoms with Crippen LogP contribution in [0.4, 0.5) is 0 Å². The lowest BCUT2D eigenvalue weighted by Gasteiger charge is -2.09. The van der Waals surface area contributed by atoms with Crippen molar-refractivity contribution in [2.24, 2.45) is 0 Å². The molecule has 0 amide bonds. The standard InChI is InChI=1S/C16H14ClN3O/c17-14-3-1-13(2-4-14)16-15(11-19-20(16)9-10-21)12-5-7-18-8-6-12/h1-8,11,21H,9-10H2. The number of benzene rings is 1. The number of nitrogens with zero attached hydrogens (tertiary/aromatic N) is 3. The monoisotopic (exact) mass is 299 g/mol. The Morgan fingerprint density at radius 2 is 1.71 bits per heavy atom. The predicted molar refractivity (Wildman–Crippen MR) is 83.0 cm³/mol. The molecule has 5 heteroatoms. The number of rotatable bonds is 4. The molecule has 106 valence electrons. The number of hydrogen-bond donors (Lipinski definition) is 1. The highest BCUT2D eigenvalue weighted by atomic mass is 35.5. The third kappa shape index (κ3) is 2.82. The first-order chi connectivity index (χ1) is 10.3. The number of halogens is 1. The maximum atomic E-state index is 9.22. The number of pyridine rings is 1. The van der Waals surface area contributed by atoms with Gasteiger partial charge in [-0.1, -0.05) is 23.7 Å². The Kier molecular flexibility index (Phi) is 3.99. The molecule has 0 bridgehead atoms. The molecule has 0 aliphatic carbocycles. The normalized spacial score (nSPS) is 10.8. The van der Waals surface area contributed by atoms with Crippen molar-refractivity contribution in [1.29, 1.82) is 0 Å². The molecule has 2 heterocycles. The van der Waals surface area contributed by atoms with E-state index in [-0.39, 0.29) is 6.61 Å². The van der Waals surface area contributed by atoms with Crippen molar-refractivity contribution in [2.45, 2.75) is 6.54 Å². The molecular weight excluding hydrogens is 286 g/mol. The van der Waals surface area contributed by atoms with Gasteiger partial charge in [0.15, 0.2) is 0 Å². The van der Waals surface area contributed by atoms with Gasteiger partial charge >= 0.3 is 0 Å². The van der Waals surface area contributed by atoms with E-state index in [0.717, 1.165) is 22.4 Å². The number of aliphatic hydroxyl groups excluding tert-OH is 1. The molecule has 0 atom stereocenters. The summed E-state index contributed by atoms with van der Waals surface area (Å²) in [6.45, 7) is 0.487. The van der Waals surface area contributed by atoms with Gasteiger partial charge in [-0.25, -0.2) is 0 Å². The lowest BCUT2D eigenvalue weighted by molar-refractivity contribution is 0.270. The van der Waals surface area contributed by atoms with Crippen molar-refractivity contribution in [2.75, 3.05) is 6.61 Å². The molecule has 0 spiro atoms. The second-order valence-electron chi connectivity index (χ2n) is 4.60. The van der Waals surface area contributed by atoms with Crippen molar-refractivity contribution in [1.82, 2.24) is 14.8 Å². The van der Waals surface area contributed by atoms with Crippen LogP contribution in [0.15, 0.2) is 55.0 Å². The summed E-state index contributed by atoms with van der Waals surface area (Å²) in [6, 6.07) is 11.5. The lowest BCUT2D eigenvalue weighted by atomic mass is 10.0. The first-order valence-corrected chi connectivity index (χ1v) is 7.00. The Labute approximate surface area is 127 Å². The van der Waals surface area contributed by atoms with Crippen LogP contribution in [-0.4, -0.2) is 26.5 Å². The average molecular weight is 300 g/mol. The summed E-state index contributed by atoms with van der Waals surface area (Å²) in [6.07, 6.45) is 5.32. The molecule has 0 saturated heterocycles. The summed E-state index contributed by atoms with van der Waals surface area (Å²) >= 11 is 5.96. The van der Waals surface area contributed by atoms with Crippen LogP contribution in [0.2, 0.25) is 5.02 Å². The van der Waals surface area contributed by atoms with Crippen LogP contribution in [0.25, 0.3) is 22.4 Å². The average Bonchev–Trinajstić information content (AvgIpc) is 2.93. The zero-order valence-corrected chi connectivity index (χ0v) is 12.0. The van der Waals surface area contributed by atoms with E-state index in [0.29, 0.717) is 11.6 Å². The Morgan fingerprint density at radius 1 is 1.00 bits per heavy atom. The van der Waals surface area contributed by atoms with Crippen molar-refractivity contribution < 1.29 is 5.11 Å². The second kappa shape index (κ2) is 6.08. The summed E-state index contributed by atoms with van der Waals surface area (Å²) in [5, 5.41) is 14.3. The van der Waals surface area contributed by atoms with Gasteiger partial charge in [0.25, 0.3) is 0 Å². The van der Waals surface area contributed by atoms with Crippen molar-refractivity contribution in [3.63, 3.8) is 0 Å². The number of hydrogen-bond acceptors (Lipinski definition) is 3. The Balaban J connectivity index is 2.16. The second-order valence-corrected chi connectivity index (χ2v) is 5.03. The molecule has 0 aliphatic rings. The molecule has 0 fully saturated rings.